The Morgan fingerprint density at radius 3 is 3.00 bits per heavy atom. The highest BCUT2D eigenvalue weighted by atomic mass is 16.7. The van der Waals surface area contributed by atoms with Crippen LogP contribution in [0, 0.1) is 0 Å². The molecule has 2 heterocycles. The molecule has 1 aliphatic rings. The van der Waals surface area contributed by atoms with Gasteiger partial charge in [0.25, 0.3) is 0 Å². The summed E-state index contributed by atoms with van der Waals surface area (Å²) in [6.07, 6.45) is 4.53. The zero-order valence-electron chi connectivity index (χ0n) is 7.85. The molecule has 0 amide bonds. The van der Waals surface area contributed by atoms with Crippen LogP contribution in [0.15, 0.2) is 18.5 Å². The van der Waals surface area contributed by atoms with E-state index in [1.165, 1.54) is 0 Å². The first-order chi connectivity index (χ1) is 6.95. The summed E-state index contributed by atoms with van der Waals surface area (Å²) in [6, 6.07) is 1.79. The summed E-state index contributed by atoms with van der Waals surface area (Å²) in [6.45, 7) is 1.89. The second-order valence-corrected chi connectivity index (χ2v) is 3.06. The van der Waals surface area contributed by atoms with Gasteiger partial charge in [0.1, 0.15) is 6.79 Å². The highest BCUT2D eigenvalue weighted by molar-refractivity contribution is 5.22. The van der Waals surface area contributed by atoms with E-state index in [2.05, 4.69) is 15.3 Å². The monoisotopic (exact) mass is 195 g/mol. The van der Waals surface area contributed by atoms with Crippen molar-refractivity contribution in [3.05, 3.63) is 18.5 Å². The molecule has 0 radical (unpaired) electrons. The van der Waals surface area contributed by atoms with Crippen molar-refractivity contribution in [1.82, 2.24) is 9.97 Å². The van der Waals surface area contributed by atoms with Gasteiger partial charge in [-0.3, -0.25) is 0 Å². The predicted molar refractivity (Wildman–Crippen MR) is 50.8 cm³/mol. The number of hydrogen-bond donors (Lipinski definition) is 1. The Kier molecular flexibility index (Phi) is 3.26. The Hall–Kier alpha value is -1.20. The minimum Gasteiger partial charge on any atom is -0.355 e. The van der Waals surface area contributed by atoms with Crippen molar-refractivity contribution in [3.8, 4) is 0 Å². The predicted octanol–water partition coefficient (Wildman–Crippen LogP) is 0.651. The van der Waals surface area contributed by atoms with Crippen LogP contribution in [0.25, 0.3) is 0 Å². The van der Waals surface area contributed by atoms with E-state index in [4.69, 9.17) is 9.47 Å². The van der Waals surface area contributed by atoms with E-state index in [1.54, 1.807) is 18.5 Å². The van der Waals surface area contributed by atoms with Gasteiger partial charge in [-0.1, -0.05) is 0 Å². The third kappa shape index (κ3) is 2.65. The number of rotatable bonds is 3. The van der Waals surface area contributed by atoms with Crippen LogP contribution in [-0.2, 0) is 9.47 Å². The standard InChI is InChI=1S/C9H13N3O2/c1-3-10-9(11-4-1)12-6-8-2-5-13-7-14-8/h1,3-4,8H,2,5-7H2,(H,10,11,12). The van der Waals surface area contributed by atoms with Crippen molar-refractivity contribution in [2.24, 2.45) is 0 Å². The molecule has 2 rings (SSSR count). The zero-order chi connectivity index (χ0) is 9.64. The lowest BCUT2D eigenvalue weighted by molar-refractivity contribution is -0.133. The number of ether oxygens (including phenoxy) is 2. The normalized spacial score (nSPS) is 21.9. The van der Waals surface area contributed by atoms with Crippen LogP contribution in [0.4, 0.5) is 5.95 Å². The molecule has 1 aromatic heterocycles. The molecule has 0 spiro atoms. The van der Waals surface area contributed by atoms with E-state index in [9.17, 15) is 0 Å². The fraction of sp³-hybridized carbons (Fsp3) is 0.556. The van der Waals surface area contributed by atoms with Gasteiger partial charge in [0.2, 0.25) is 5.95 Å². The largest absolute Gasteiger partial charge is 0.355 e. The van der Waals surface area contributed by atoms with Crippen LogP contribution >= 0.6 is 0 Å². The molecule has 0 saturated carbocycles. The number of nitrogens with one attached hydrogen (secondary N) is 1. The SMILES string of the molecule is c1cnc(NCC2CCOCO2)nc1. The third-order valence-corrected chi connectivity index (χ3v) is 2.02. The Bertz CT molecular complexity index is 262. The maximum absolute atomic E-state index is 5.36. The lowest BCUT2D eigenvalue weighted by Gasteiger charge is -2.22. The molecule has 1 aromatic rings. The van der Waals surface area contributed by atoms with E-state index >= 15 is 0 Å². The van der Waals surface area contributed by atoms with Gasteiger partial charge in [0, 0.05) is 18.9 Å². The first kappa shape index (κ1) is 9.36. The number of nitrogens with zero attached hydrogens (tertiary/aromatic N) is 2. The molecule has 1 unspecified atom stereocenters. The van der Waals surface area contributed by atoms with Gasteiger partial charge in [0.05, 0.1) is 12.7 Å². The maximum Gasteiger partial charge on any atom is 0.222 e. The lowest BCUT2D eigenvalue weighted by atomic mass is 10.2. The van der Waals surface area contributed by atoms with E-state index in [0.717, 1.165) is 19.6 Å². The van der Waals surface area contributed by atoms with Crippen molar-refractivity contribution >= 4 is 5.95 Å². The summed E-state index contributed by atoms with van der Waals surface area (Å²) < 4.78 is 10.4. The Morgan fingerprint density at radius 1 is 1.43 bits per heavy atom. The van der Waals surface area contributed by atoms with E-state index in [0.29, 0.717) is 12.7 Å². The fourth-order valence-corrected chi connectivity index (χ4v) is 1.26. The van der Waals surface area contributed by atoms with Gasteiger partial charge >= 0.3 is 0 Å². The number of hydrogen-bond acceptors (Lipinski definition) is 5. The molecule has 0 aliphatic carbocycles. The summed E-state index contributed by atoms with van der Waals surface area (Å²) in [5.41, 5.74) is 0. The molecule has 5 heteroatoms. The van der Waals surface area contributed by atoms with Crippen molar-refractivity contribution < 1.29 is 9.47 Å². The quantitative estimate of drug-likeness (QED) is 0.767. The van der Waals surface area contributed by atoms with Crippen LogP contribution in [0.2, 0.25) is 0 Å². The van der Waals surface area contributed by atoms with E-state index in [-0.39, 0.29) is 6.10 Å². The van der Waals surface area contributed by atoms with E-state index in [1.807, 2.05) is 0 Å². The summed E-state index contributed by atoms with van der Waals surface area (Å²) in [4.78, 5) is 8.11. The average molecular weight is 195 g/mol. The minimum atomic E-state index is 0.201. The molecule has 1 fully saturated rings. The maximum atomic E-state index is 5.36. The van der Waals surface area contributed by atoms with Gasteiger partial charge in [-0.2, -0.15) is 0 Å². The van der Waals surface area contributed by atoms with Gasteiger partial charge in [0.15, 0.2) is 0 Å². The van der Waals surface area contributed by atoms with Gasteiger partial charge < -0.3 is 14.8 Å². The molecule has 1 N–H and O–H groups in total. The molecule has 5 nitrogen and oxygen atoms in total. The summed E-state index contributed by atoms with van der Waals surface area (Å²) in [5, 5.41) is 3.11. The van der Waals surface area contributed by atoms with E-state index < -0.39 is 0 Å². The highest BCUT2D eigenvalue weighted by Crippen LogP contribution is 2.06. The Balaban J connectivity index is 1.76. The molecule has 14 heavy (non-hydrogen) atoms. The summed E-state index contributed by atoms with van der Waals surface area (Å²) >= 11 is 0. The second kappa shape index (κ2) is 4.88. The molecule has 1 saturated heterocycles. The van der Waals surface area contributed by atoms with Crippen molar-refractivity contribution in [2.45, 2.75) is 12.5 Å². The second-order valence-electron chi connectivity index (χ2n) is 3.06. The molecule has 1 atom stereocenters. The Labute approximate surface area is 82.5 Å². The number of aromatic nitrogens is 2. The lowest BCUT2D eigenvalue weighted by Crippen LogP contribution is -2.30. The van der Waals surface area contributed by atoms with Gasteiger partial charge in [-0.25, -0.2) is 9.97 Å². The molecular formula is C9H13N3O2. The highest BCUT2D eigenvalue weighted by Gasteiger charge is 2.13. The Morgan fingerprint density at radius 2 is 2.29 bits per heavy atom. The summed E-state index contributed by atoms with van der Waals surface area (Å²) in [5.74, 6) is 0.641. The van der Waals surface area contributed by atoms with Crippen molar-refractivity contribution in [1.29, 1.82) is 0 Å². The van der Waals surface area contributed by atoms with Crippen LogP contribution in [-0.4, -0.2) is 36.0 Å². The first-order valence-corrected chi connectivity index (χ1v) is 4.65. The topological polar surface area (TPSA) is 56.3 Å². The van der Waals surface area contributed by atoms with Crippen LogP contribution < -0.4 is 5.32 Å². The van der Waals surface area contributed by atoms with Crippen molar-refractivity contribution in [3.63, 3.8) is 0 Å². The molecule has 1 aliphatic heterocycles. The van der Waals surface area contributed by atoms with Crippen LogP contribution in [0.5, 0.6) is 0 Å². The smallest absolute Gasteiger partial charge is 0.222 e. The van der Waals surface area contributed by atoms with Crippen LogP contribution in [0.3, 0.4) is 0 Å². The van der Waals surface area contributed by atoms with Crippen molar-refractivity contribution in [2.75, 3.05) is 25.3 Å². The van der Waals surface area contributed by atoms with Gasteiger partial charge in [-0.05, 0) is 12.5 Å². The first-order valence-electron chi connectivity index (χ1n) is 4.65. The number of anilines is 1. The van der Waals surface area contributed by atoms with Gasteiger partial charge in [-0.15, -0.1) is 0 Å². The summed E-state index contributed by atoms with van der Waals surface area (Å²) in [7, 11) is 0. The molecule has 76 valence electrons. The molecular weight excluding hydrogens is 182 g/mol. The molecule has 0 bridgehead atoms. The fourth-order valence-electron chi connectivity index (χ4n) is 1.26. The third-order valence-electron chi connectivity index (χ3n) is 2.02. The average Bonchev–Trinajstić information content (AvgIpc) is 2.29. The minimum absolute atomic E-state index is 0.201. The van der Waals surface area contributed by atoms with Crippen LogP contribution in [0.1, 0.15) is 6.42 Å². The zero-order valence-corrected chi connectivity index (χ0v) is 7.85. The molecule has 0 aromatic carbocycles.